The molecule has 0 fully saturated rings. The Kier molecular flexibility index (Phi) is 6.36. The molecule has 0 saturated heterocycles. The fourth-order valence-corrected chi connectivity index (χ4v) is 3.14. The first kappa shape index (κ1) is 21.0. The number of nitrogens with one attached hydrogen (secondary N) is 2. The summed E-state index contributed by atoms with van der Waals surface area (Å²) in [6.07, 6.45) is 4.16. The lowest BCUT2D eigenvalue weighted by molar-refractivity contribution is 0.262. The van der Waals surface area contributed by atoms with Crippen molar-refractivity contribution in [2.75, 3.05) is 10.6 Å². The molecule has 7 heteroatoms. The Balaban J connectivity index is 1.50. The largest absolute Gasteiger partial charge is 0.438 e. The molecule has 2 amide bonds. The zero-order valence-electron chi connectivity index (χ0n) is 17.9. The molecule has 0 unspecified atom stereocenters. The molecule has 2 aromatic carbocycles. The minimum absolute atomic E-state index is 0.310. The Morgan fingerprint density at radius 3 is 2.56 bits per heavy atom. The molecule has 4 rings (SSSR count). The maximum atomic E-state index is 12.3. The van der Waals surface area contributed by atoms with E-state index >= 15 is 0 Å². The Morgan fingerprint density at radius 2 is 1.78 bits per heavy atom. The molecule has 2 N–H and O–H groups in total. The van der Waals surface area contributed by atoms with Crippen LogP contribution in [0.4, 0.5) is 16.2 Å². The van der Waals surface area contributed by atoms with E-state index < -0.39 is 0 Å². The number of hydrogen-bond acceptors (Lipinski definition) is 5. The van der Waals surface area contributed by atoms with E-state index in [1.807, 2.05) is 68.4 Å². The molecule has 7 nitrogen and oxygen atoms in total. The van der Waals surface area contributed by atoms with Crippen LogP contribution in [0.5, 0.6) is 11.6 Å². The van der Waals surface area contributed by atoms with E-state index in [9.17, 15) is 4.79 Å². The molecule has 0 spiro atoms. The fraction of sp³-hybridized carbons (Fsp3) is 0.120. The van der Waals surface area contributed by atoms with Crippen LogP contribution in [0.2, 0.25) is 0 Å². The zero-order valence-corrected chi connectivity index (χ0v) is 17.9. The molecule has 0 saturated carbocycles. The summed E-state index contributed by atoms with van der Waals surface area (Å²) in [7, 11) is 0. The highest BCUT2D eigenvalue weighted by Crippen LogP contribution is 2.31. The zero-order chi connectivity index (χ0) is 22.3. The van der Waals surface area contributed by atoms with E-state index in [0.29, 0.717) is 17.3 Å². The van der Waals surface area contributed by atoms with Crippen molar-refractivity contribution >= 4 is 17.4 Å². The molecule has 2 heterocycles. The average Bonchev–Trinajstić information content (AvgIpc) is 2.82. The second-order valence-corrected chi connectivity index (χ2v) is 7.09. The van der Waals surface area contributed by atoms with Gasteiger partial charge in [-0.3, -0.25) is 0 Å². The van der Waals surface area contributed by atoms with Gasteiger partial charge in [0.05, 0.1) is 11.3 Å². The summed E-state index contributed by atoms with van der Waals surface area (Å²) in [5.74, 6) is 1.83. The van der Waals surface area contributed by atoms with Crippen molar-refractivity contribution in [2.45, 2.75) is 20.3 Å². The minimum Gasteiger partial charge on any atom is -0.438 e. The third kappa shape index (κ3) is 5.07. The van der Waals surface area contributed by atoms with E-state index in [4.69, 9.17) is 4.74 Å². The smallest absolute Gasteiger partial charge is 0.323 e. The number of hydrogen-bond donors (Lipinski definition) is 2. The summed E-state index contributed by atoms with van der Waals surface area (Å²) < 4.78 is 6.07. The van der Waals surface area contributed by atoms with Crippen LogP contribution in [0.1, 0.15) is 18.3 Å². The number of aryl methyl sites for hydroxylation is 2. The quantitative estimate of drug-likeness (QED) is 0.405. The van der Waals surface area contributed by atoms with Gasteiger partial charge in [0.15, 0.2) is 0 Å². The van der Waals surface area contributed by atoms with Crippen LogP contribution < -0.4 is 15.4 Å². The lowest BCUT2D eigenvalue weighted by Crippen LogP contribution is -2.19. The van der Waals surface area contributed by atoms with Gasteiger partial charge in [-0.15, -0.1) is 0 Å². The number of para-hydroxylation sites is 1. The van der Waals surface area contributed by atoms with E-state index in [1.165, 1.54) is 0 Å². The van der Waals surface area contributed by atoms with Gasteiger partial charge in [0.2, 0.25) is 5.88 Å². The van der Waals surface area contributed by atoms with Gasteiger partial charge in [0.25, 0.3) is 0 Å². The normalized spacial score (nSPS) is 10.4. The maximum absolute atomic E-state index is 12.3. The molecule has 4 aromatic rings. The van der Waals surface area contributed by atoms with Gasteiger partial charge in [-0.05, 0) is 61.0 Å². The van der Waals surface area contributed by atoms with Gasteiger partial charge in [-0.2, -0.15) is 0 Å². The highest BCUT2D eigenvalue weighted by molar-refractivity contribution is 6.00. The summed E-state index contributed by atoms with van der Waals surface area (Å²) in [5, 5.41) is 5.67. The lowest BCUT2D eigenvalue weighted by Gasteiger charge is -2.13. The van der Waals surface area contributed by atoms with Crippen molar-refractivity contribution in [2.24, 2.45) is 0 Å². The number of ether oxygens (including phenoxy) is 1. The Bertz CT molecular complexity index is 1230. The van der Waals surface area contributed by atoms with E-state index in [-0.39, 0.29) is 6.03 Å². The maximum Gasteiger partial charge on any atom is 0.323 e. The van der Waals surface area contributed by atoms with Gasteiger partial charge in [-0.1, -0.05) is 25.1 Å². The highest BCUT2D eigenvalue weighted by atomic mass is 16.5. The van der Waals surface area contributed by atoms with Crippen LogP contribution >= 0.6 is 0 Å². The lowest BCUT2D eigenvalue weighted by atomic mass is 10.1. The summed E-state index contributed by atoms with van der Waals surface area (Å²) >= 11 is 0. The predicted molar refractivity (Wildman–Crippen MR) is 125 cm³/mol. The second kappa shape index (κ2) is 9.70. The topological polar surface area (TPSA) is 89.0 Å². The summed E-state index contributed by atoms with van der Waals surface area (Å²) in [4.78, 5) is 25.5. The number of pyridine rings is 1. The number of urea groups is 1. The summed E-state index contributed by atoms with van der Waals surface area (Å²) in [6.45, 7) is 3.92. The number of anilines is 2. The van der Waals surface area contributed by atoms with Gasteiger partial charge >= 0.3 is 6.03 Å². The molecule has 0 aliphatic heterocycles. The SMILES string of the molecule is CCc1nccc(-c2cccnc2Oc2ccc(NC(=O)Nc3ccccc3)c(C)c2)n1. The first-order chi connectivity index (χ1) is 15.6. The number of aromatic nitrogens is 3. The van der Waals surface area contributed by atoms with Crippen molar-refractivity contribution in [1.29, 1.82) is 0 Å². The van der Waals surface area contributed by atoms with Crippen LogP contribution in [-0.4, -0.2) is 21.0 Å². The summed E-state index contributed by atoms with van der Waals surface area (Å²) in [5.41, 5.74) is 3.81. The molecule has 0 bridgehead atoms. The molecule has 0 radical (unpaired) electrons. The second-order valence-electron chi connectivity index (χ2n) is 7.09. The third-order valence-corrected chi connectivity index (χ3v) is 4.76. The average molecular weight is 425 g/mol. The standard InChI is InChI=1S/C25H23N5O2/c1-3-23-26-15-13-22(29-23)20-10-7-14-27-24(20)32-19-11-12-21(17(2)16-19)30-25(31)28-18-8-5-4-6-9-18/h4-16H,3H2,1-2H3,(H2,28,30,31). The van der Waals surface area contributed by atoms with Gasteiger partial charge < -0.3 is 15.4 Å². The number of carbonyl (C=O) groups is 1. The highest BCUT2D eigenvalue weighted by Gasteiger charge is 2.12. The van der Waals surface area contributed by atoms with Crippen LogP contribution in [0.3, 0.4) is 0 Å². The van der Waals surface area contributed by atoms with Gasteiger partial charge in [-0.25, -0.2) is 19.7 Å². The van der Waals surface area contributed by atoms with Crippen molar-refractivity contribution < 1.29 is 9.53 Å². The van der Waals surface area contributed by atoms with Crippen LogP contribution in [-0.2, 0) is 6.42 Å². The van der Waals surface area contributed by atoms with Crippen molar-refractivity contribution in [3.63, 3.8) is 0 Å². The molecule has 160 valence electrons. The number of carbonyl (C=O) groups excluding carboxylic acids is 1. The van der Waals surface area contributed by atoms with E-state index in [1.54, 1.807) is 24.5 Å². The predicted octanol–water partition coefficient (Wildman–Crippen LogP) is 5.85. The van der Waals surface area contributed by atoms with Crippen LogP contribution in [0.15, 0.2) is 79.1 Å². The van der Waals surface area contributed by atoms with E-state index in [2.05, 4.69) is 25.6 Å². The van der Waals surface area contributed by atoms with Crippen LogP contribution in [0.25, 0.3) is 11.3 Å². The Morgan fingerprint density at radius 1 is 0.938 bits per heavy atom. The number of rotatable bonds is 6. The number of nitrogens with zero attached hydrogens (tertiary/aromatic N) is 3. The Hall–Kier alpha value is -4.26. The van der Waals surface area contributed by atoms with E-state index in [0.717, 1.165) is 34.8 Å². The van der Waals surface area contributed by atoms with Crippen molar-refractivity contribution in [3.05, 3.63) is 90.5 Å². The van der Waals surface area contributed by atoms with Gasteiger partial charge in [0.1, 0.15) is 11.6 Å². The van der Waals surface area contributed by atoms with Crippen molar-refractivity contribution in [1.82, 2.24) is 15.0 Å². The number of amides is 2. The first-order valence-corrected chi connectivity index (χ1v) is 10.3. The van der Waals surface area contributed by atoms with Crippen LogP contribution in [0, 0.1) is 6.92 Å². The minimum atomic E-state index is -0.310. The molecule has 0 aliphatic rings. The molecule has 2 aromatic heterocycles. The first-order valence-electron chi connectivity index (χ1n) is 10.3. The molecule has 32 heavy (non-hydrogen) atoms. The number of benzene rings is 2. The molecule has 0 aliphatic carbocycles. The van der Waals surface area contributed by atoms with Gasteiger partial charge in [0, 0.05) is 30.2 Å². The summed E-state index contributed by atoms with van der Waals surface area (Å²) in [6, 6.07) is 20.0. The monoisotopic (exact) mass is 425 g/mol. The Labute approximate surface area is 186 Å². The fourth-order valence-electron chi connectivity index (χ4n) is 3.14. The third-order valence-electron chi connectivity index (χ3n) is 4.76. The van der Waals surface area contributed by atoms with Crippen molar-refractivity contribution in [3.8, 4) is 22.9 Å². The molecular weight excluding hydrogens is 402 g/mol. The molecule has 0 atom stereocenters. The molecular formula is C25H23N5O2.